The Bertz CT molecular complexity index is 424. The van der Waals surface area contributed by atoms with Gasteiger partial charge in [0.1, 0.15) is 0 Å². The summed E-state index contributed by atoms with van der Waals surface area (Å²) in [4.78, 5) is 10.5. The van der Waals surface area contributed by atoms with Crippen molar-refractivity contribution in [1.82, 2.24) is 10.6 Å². The quantitative estimate of drug-likeness (QED) is 0.552. The monoisotopic (exact) mass is 282 g/mol. The zero-order valence-electron chi connectivity index (χ0n) is 11.9. The standard InChI is InChI=1S/C14H22N2O4/c1-15-6-3-7-16-9-11-4-5-12(13(8-11)19-2)20-10-14(17)18/h4-5,8,15-16H,3,6-7,9-10H2,1-2H3,(H,17,18). The van der Waals surface area contributed by atoms with E-state index in [2.05, 4.69) is 10.6 Å². The molecule has 0 aliphatic heterocycles. The molecule has 0 saturated carbocycles. The summed E-state index contributed by atoms with van der Waals surface area (Å²) in [5.41, 5.74) is 1.06. The van der Waals surface area contributed by atoms with Crippen molar-refractivity contribution in [3.05, 3.63) is 23.8 Å². The number of methoxy groups -OCH3 is 1. The van der Waals surface area contributed by atoms with Gasteiger partial charge in [0.2, 0.25) is 0 Å². The minimum atomic E-state index is -1.01. The van der Waals surface area contributed by atoms with Gasteiger partial charge in [-0.3, -0.25) is 0 Å². The Morgan fingerprint density at radius 1 is 1.30 bits per heavy atom. The van der Waals surface area contributed by atoms with Crippen molar-refractivity contribution in [2.75, 3.05) is 33.9 Å². The van der Waals surface area contributed by atoms with Crippen molar-refractivity contribution >= 4 is 5.97 Å². The molecule has 1 aromatic rings. The zero-order chi connectivity index (χ0) is 14.8. The van der Waals surface area contributed by atoms with Gasteiger partial charge in [-0.2, -0.15) is 0 Å². The van der Waals surface area contributed by atoms with Crippen molar-refractivity contribution in [2.24, 2.45) is 0 Å². The summed E-state index contributed by atoms with van der Waals surface area (Å²) >= 11 is 0. The lowest BCUT2D eigenvalue weighted by atomic mass is 10.2. The Hall–Kier alpha value is -1.79. The van der Waals surface area contributed by atoms with Crippen LogP contribution in [0.4, 0.5) is 0 Å². The molecule has 0 unspecified atom stereocenters. The van der Waals surface area contributed by atoms with Gasteiger partial charge in [0.25, 0.3) is 0 Å². The third-order valence-electron chi connectivity index (χ3n) is 2.69. The SMILES string of the molecule is CNCCCNCc1ccc(OCC(=O)O)c(OC)c1. The number of carboxylic acid groups (broad SMARTS) is 1. The number of aliphatic carboxylic acids is 1. The number of ether oxygens (including phenoxy) is 2. The van der Waals surface area contributed by atoms with Gasteiger partial charge >= 0.3 is 5.97 Å². The van der Waals surface area contributed by atoms with Gasteiger partial charge in [-0.05, 0) is 44.3 Å². The first-order valence-electron chi connectivity index (χ1n) is 6.54. The third kappa shape index (κ3) is 5.90. The van der Waals surface area contributed by atoms with Gasteiger partial charge in [-0.15, -0.1) is 0 Å². The largest absolute Gasteiger partial charge is 0.493 e. The van der Waals surface area contributed by atoms with Crippen LogP contribution in [0.25, 0.3) is 0 Å². The molecule has 6 heteroatoms. The van der Waals surface area contributed by atoms with E-state index in [9.17, 15) is 4.79 Å². The second-order valence-electron chi connectivity index (χ2n) is 4.30. The van der Waals surface area contributed by atoms with Crippen molar-refractivity contribution in [3.8, 4) is 11.5 Å². The average molecular weight is 282 g/mol. The predicted octanol–water partition coefficient (Wildman–Crippen LogP) is 0.858. The highest BCUT2D eigenvalue weighted by molar-refractivity contribution is 5.68. The van der Waals surface area contributed by atoms with Crippen LogP contribution in [0.3, 0.4) is 0 Å². The molecule has 1 rings (SSSR count). The molecule has 0 bridgehead atoms. The van der Waals surface area contributed by atoms with Gasteiger partial charge in [0.05, 0.1) is 7.11 Å². The predicted molar refractivity (Wildman–Crippen MR) is 76.4 cm³/mol. The lowest BCUT2D eigenvalue weighted by Crippen LogP contribution is -2.19. The van der Waals surface area contributed by atoms with Crippen LogP contribution in [0.15, 0.2) is 18.2 Å². The molecule has 0 amide bonds. The van der Waals surface area contributed by atoms with Crippen LogP contribution in [-0.4, -0.2) is 44.9 Å². The molecular weight excluding hydrogens is 260 g/mol. The van der Waals surface area contributed by atoms with Crippen LogP contribution in [-0.2, 0) is 11.3 Å². The Balaban J connectivity index is 2.51. The van der Waals surface area contributed by atoms with Gasteiger partial charge in [-0.1, -0.05) is 6.07 Å². The van der Waals surface area contributed by atoms with E-state index in [4.69, 9.17) is 14.6 Å². The van der Waals surface area contributed by atoms with E-state index in [1.165, 1.54) is 7.11 Å². The van der Waals surface area contributed by atoms with Crippen LogP contribution < -0.4 is 20.1 Å². The lowest BCUT2D eigenvalue weighted by molar-refractivity contribution is -0.139. The van der Waals surface area contributed by atoms with Crippen LogP contribution >= 0.6 is 0 Å². The summed E-state index contributed by atoms with van der Waals surface area (Å²) in [6, 6.07) is 5.47. The van der Waals surface area contributed by atoms with Gasteiger partial charge in [0.15, 0.2) is 18.1 Å². The first-order chi connectivity index (χ1) is 9.67. The van der Waals surface area contributed by atoms with E-state index in [1.807, 2.05) is 19.2 Å². The average Bonchev–Trinajstić information content (AvgIpc) is 2.45. The fourth-order valence-corrected chi connectivity index (χ4v) is 1.70. The summed E-state index contributed by atoms with van der Waals surface area (Å²) in [6.45, 7) is 2.27. The van der Waals surface area contributed by atoms with E-state index >= 15 is 0 Å². The van der Waals surface area contributed by atoms with Crippen molar-refractivity contribution in [3.63, 3.8) is 0 Å². The molecule has 112 valence electrons. The van der Waals surface area contributed by atoms with E-state index in [-0.39, 0.29) is 6.61 Å². The highest BCUT2D eigenvalue weighted by Crippen LogP contribution is 2.27. The maximum absolute atomic E-state index is 10.5. The second kappa shape index (κ2) is 9.17. The van der Waals surface area contributed by atoms with Gasteiger partial charge in [0, 0.05) is 6.54 Å². The number of nitrogens with one attached hydrogen (secondary N) is 2. The maximum atomic E-state index is 10.5. The van der Waals surface area contributed by atoms with Crippen molar-refractivity contribution in [2.45, 2.75) is 13.0 Å². The second-order valence-corrected chi connectivity index (χ2v) is 4.30. The molecule has 0 aromatic heterocycles. The highest BCUT2D eigenvalue weighted by Gasteiger charge is 2.07. The van der Waals surface area contributed by atoms with Crippen molar-refractivity contribution < 1.29 is 19.4 Å². The molecule has 3 N–H and O–H groups in total. The number of benzene rings is 1. The van der Waals surface area contributed by atoms with Crippen LogP contribution in [0, 0.1) is 0 Å². The fraction of sp³-hybridized carbons (Fsp3) is 0.500. The molecule has 0 spiro atoms. The van der Waals surface area contributed by atoms with Crippen LogP contribution in [0.5, 0.6) is 11.5 Å². The van der Waals surface area contributed by atoms with E-state index in [0.29, 0.717) is 11.5 Å². The Kier molecular flexibility index (Phi) is 7.46. The first-order valence-corrected chi connectivity index (χ1v) is 6.54. The Labute approximate surface area is 119 Å². The molecule has 0 saturated heterocycles. The van der Waals surface area contributed by atoms with Crippen LogP contribution in [0.1, 0.15) is 12.0 Å². The summed E-state index contributed by atoms with van der Waals surface area (Å²) in [5, 5.41) is 15.0. The third-order valence-corrected chi connectivity index (χ3v) is 2.69. The molecule has 0 aliphatic carbocycles. The number of rotatable bonds is 10. The summed E-state index contributed by atoms with van der Waals surface area (Å²) in [5.74, 6) is -0.0306. The molecule has 0 radical (unpaired) electrons. The molecular formula is C14H22N2O4. The van der Waals surface area contributed by atoms with Gasteiger partial charge < -0.3 is 25.2 Å². The number of carboxylic acids is 1. The van der Waals surface area contributed by atoms with E-state index in [0.717, 1.165) is 31.6 Å². The lowest BCUT2D eigenvalue weighted by Gasteiger charge is -2.11. The molecule has 0 heterocycles. The molecule has 20 heavy (non-hydrogen) atoms. The summed E-state index contributed by atoms with van der Waals surface area (Å²) in [6.07, 6.45) is 1.06. The molecule has 0 atom stereocenters. The van der Waals surface area contributed by atoms with E-state index < -0.39 is 5.97 Å². The Morgan fingerprint density at radius 3 is 2.75 bits per heavy atom. The minimum Gasteiger partial charge on any atom is -0.493 e. The smallest absolute Gasteiger partial charge is 0.341 e. The zero-order valence-corrected chi connectivity index (χ0v) is 11.9. The fourth-order valence-electron chi connectivity index (χ4n) is 1.70. The summed E-state index contributed by atoms with van der Waals surface area (Å²) in [7, 11) is 3.47. The summed E-state index contributed by atoms with van der Waals surface area (Å²) < 4.78 is 10.4. The highest BCUT2D eigenvalue weighted by atomic mass is 16.5. The number of carbonyl (C=O) groups is 1. The molecule has 0 aliphatic rings. The Morgan fingerprint density at radius 2 is 2.10 bits per heavy atom. The minimum absolute atomic E-state index is 0.377. The van der Waals surface area contributed by atoms with Crippen molar-refractivity contribution in [1.29, 1.82) is 0 Å². The van der Waals surface area contributed by atoms with Crippen LogP contribution in [0.2, 0.25) is 0 Å². The topological polar surface area (TPSA) is 79.8 Å². The normalized spacial score (nSPS) is 10.3. The molecule has 0 fully saturated rings. The van der Waals surface area contributed by atoms with Gasteiger partial charge in [-0.25, -0.2) is 4.79 Å². The molecule has 1 aromatic carbocycles. The number of hydrogen-bond acceptors (Lipinski definition) is 5. The van der Waals surface area contributed by atoms with E-state index in [1.54, 1.807) is 6.07 Å². The number of hydrogen-bond donors (Lipinski definition) is 3. The maximum Gasteiger partial charge on any atom is 0.341 e. The first kappa shape index (κ1) is 16.3. The molecule has 6 nitrogen and oxygen atoms in total.